The molecule has 1 saturated heterocycles. The van der Waals surface area contributed by atoms with Gasteiger partial charge in [0.1, 0.15) is 5.75 Å². The molecule has 1 heterocycles. The second kappa shape index (κ2) is 9.15. The molecule has 1 aliphatic rings. The van der Waals surface area contributed by atoms with Crippen molar-refractivity contribution in [2.45, 2.75) is 39.2 Å². The zero-order valence-electron chi connectivity index (χ0n) is 14.6. The molecule has 1 aromatic carbocycles. The van der Waals surface area contributed by atoms with Crippen LogP contribution < -0.4 is 10.6 Å². The summed E-state index contributed by atoms with van der Waals surface area (Å²) in [6, 6.07) is 7.51. The van der Waals surface area contributed by atoms with Crippen LogP contribution in [0.5, 0.6) is 5.75 Å². The predicted molar refractivity (Wildman–Crippen MR) is 96.2 cm³/mol. The Morgan fingerprint density at radius 2 is 2.25 bits per heavy atom. The Kier molecular flexibility index (Phi) is 6.90. The van der Waals surface area contributed by atoms with Gasteiger partial charge in [0.25, 0.3) is 0 Å². The van der Waals surface area contributed by atoms with Crippen LogP contribution in [0.1, 0.15) is 32.3 Å². The fraction of sp³-hybridized carbons (Fsp3) is 0.556. The van der Waals surface area contributed by atoms with Gasteiger partial charge in [-0.1, -0.05) is 19.1 Å². The lowest BCUT2D eigenvalue weighted by molar-refractivity contribution is -0.129. The number of aliphatic imine (C=N–C) groups is 1. The van der Waals surface area contributed by atoms with Crippen molar-refractivity contribution in [1.82, 2.24) is 15.5 Å². The number of hydrogen-bond acceptors (Lipinski definition) is 3. The third-order valence-corrected chi connectivity index (χ3v) is 4.11. The minimum absolute atomic E-state index is 0.213. The van der Waals surface area contributed by atoms with Crippen molar-refractivity contribution >= 4 is 11.9 Å². The van der Waals surface area contributed by atoms with Gasteiger partial charge in [-0.05, 0) is 37.5 Å². The van der Waals surface area contributed by atoms with E-state index in [1.807, 2.05) is 30.9 Å². The van der Waals surface area contributed by atoms with Gasteiger partial charge in [0, 0.05) is 38.6 Å². The van der Waals surface area contributed by atoms with E-state index in [0.29, 0.717) is 13.0 Å². The second-order valence-electron chi connectivity index (χ2n) is 6.00. The third kappa shape index (κ3) is 5.44. The van der Waals surface area contributed by atoms with E-state index in [4.69, 9.17) is 0 Å². The first-order valence-electron chi connectivity index (χ1n) is 8.73. The molecule has 0 spiro atoms. The maximum Gasteiger partial charge on any atom is 0.222 e. The number of phenols is 1. The predicted octanol–water partition coefficient (Wildman–Crippen LogP) is 1.50. The molecule has 6 heteroatoms. The lowest BCUT2D eigenvalue weighted by Gasteiger charge is -2.18. The molecule has 2 rings (SSSR count). The van der Waals surface area contributed by atoms with Crippen LogP contribution in [0.2, 0.25) is 0 Å². The van der Waals surface area contributed by atoms with E-state index in [1.54, 1.807) is 12.1 Å². The van der Waals surface area contributed by atoms with Gasteiger partial charge in [0.05, 0.1) is 0 Å². The molecule has 24 heavy (non-hydrogen) atoms. The Morgan fingerprint density at radius 1 is 1.42 bits per heavy atom. The number of nitrogens with zero attached hydrogens (tertiary/aromatic N) is 2. The highest BCUT2D eigenvalue weighted by Gasteiger charge is 2.25. The van der Waals surface area contributed by atoms with Crippen LogP contribution >= 0.6 is 0 Å². The summed E-state index contributed by atoms with van der Waals surface area (Å²) < 4.78 is 0. The average molecular weight is 332 g/mol. The molecule has 0 aliphatic carbocycles. The number of aromatic hydroxyl groups is 1. The van der Waals surface area contributed by atoms with Crippen LogP contribution in [0.25, 0.3) is 0 Å². The maximum atomic E-state index is 11.8. The summed E-state index contributed by atoms with van der Waals surface area (Å²) >= 11 is 0. The minimum atomic E-state index is 0.213. The van der Waals surface area contributed by atoms with Gasteiger partial charge >= 0.3 is 0 Å². The first-order chi connectivity index (χ1) is 11.6. The quantitative estimate of drug-likeness (QED) is 0.545. The van der Waals surface area contributed by atoms with Gasteiger partial charge in [-0.2, -0.15) is 0 Å². The molecular formula is C18H28N4O2. The molecule has 0 bridgehead atoms. The molecule has 1 aliphatic heterocycles. The molecule has 3 N–H and O–H groups in total. The standard InChI is InChI=1S/C18H28N4O2/c1-3-17(24)22-11-9-15(13-22)21-18(19-4-2)20-10-8-14-6-5-7-16(23)12-14/h5-7,12,15,23H,3-4,8-11,13H2,1-2H3,(H2,19,20,21). The molecule has 1 fully saturated rings. The summed E-state index contributed by atoms with van der Waals surface area (Å²) in [7, 11) is 0. The Balaban J connectivity index is 1.86. The smallest absolute Gasteiger partial charge is 0.222 e. The Bertz CT molecular complexity index is 574. The molecule has 0 aromatic heterocycles. The zero-order valence-corrected chi connectivity index (χ0v) is 14.6. The second-order valence-corrected chi connectivity index (χ2v) is 6.00. The van der Waals surface area contributed by atoms with Gasteiger partial charge < -0.3 is 20.6 Å². The van der Waals surface area contributed by atoms with Crippen LogP contribution in [0.15, 0.2) is 29.3 Å². The van der Waals surface area contributed by atoms with Crippen molar-refractivity contribution in [3.63, 3.8) is 0 Å². The Hall–Kier alpha value is -2.24. The summed E-state index contributed by atoms with van der Waals surface area (Å²) in [6.45, 7) is 6.92. The molecule has 1 atom stereocenters. The van der Waals surface area contributed by atoms with Crippen molar-refractivity contribution in [2.24, 2.45) is 4.99 Å². The van der Waals surface area contributed by atoms with E-state index >= 15 is 0 Å². The lowest BCUT2D eigenvalue weighted by atomic mass is 10.1. The van der Waals surface area contributed by atoms with Crippen molar-refractivity contribution < 1.29 is 9.90 Å². The molecule has 0 radical (unpaired) electrons. The zero-order chi connectivity index (χ0) is 17.4. The molecule has 0 saturated carbocycles. The van der Waals surface area contributed by atoms with Crippen molar-refractivity contribution in [3.05, 3.63) is 29.8 Å². The highest BCUT2D eigenvalue weighted by atomic mass is 16.3. The van der Waals surface area contributed by atoms with Crippen molar-refractivity contribution in [3.8, 4) is 5.75 Å². The van der Waals surface area contributed by atoms with E-state index in [-0.39, 0.29) is 17.7 Å². The summed E-state index contributed by atoms with van der Waals surface area (Å²) in [4.78, 5) is 18.3. The Morgan fingerprint density at radius 3 is 2.96 bits per heavy atom. The van der Waals surface area contributed by atoms with Crippen LogP contribution in [-0.4, -0.2) is 54.1 Å². The van der Waals surface area contributed by atoms with E-state index in [0.717, 1.165) is 44.0 Å². The number of amides is 1. The van der Waals surface area contributed by atoms with Crippen molar-refractivity contribution in [1.29, 1.82) is 0 Å². The largest absolute Gasteiger partial charge is 0.508 e. The van der Waals surface area contributed by atoms with Crippen LogP contribution in [0, 0.1) is 0 Å². The number of guanidine groups is 1. The highest BCUT2D eigenvalue weighted by molar-refractivity contribution is 5.80. The summed E-state index contributed by atoms with van der Waals surface area (Å²) in [5.41, 5.74) is 1.06. The molecule has 132 valence electrons. The van der Waals surface area contributed by atoms with Gasteiger partial charge in [-0.3, -0.25) is 9.79 Å². The number of carbonyl (C=O) groups is 1. The summed E-state index contributed by atoms with van der Waals surface area (Å²) in [5.74, 6) is 1.28. The molecule has 6 nitrogen and oxygen atoms in total. The topological polar surface area (TPSA) is 77.0 Å². The SMILES string of the molecule is CCNC(=NCCc1cccc(O)c1)NC1CCN(C(=O)CC)C1. The number of likely N-dealkylation sites (tertiary alicyclic amines) is 1. The number of benzene rings is 1. The monoisotopic (exact) mass is 332 g/mol. The number of carbonyl (C=O) groups excluding carboxylic acids is 1. The first kappa shape index (κ1) is 18.1. The molecule has 1 amide bonds. The molecule has 1 aromatic rings. The number of nitrogens with one attached hydrogen (secondary N) is 2. The highest BCUT2D eigenvalue weighted by Crippen LogP contribution is 2.12. The van der Waals surface area contributed by atoms with Gasteiger partial charge in [0.2, 0.25) is 5.91 Å². The van der Waals surface area contributed by atoms with Gasteiger partial charge in [-0.15, -0.1) is 0 Å². The maximum absolute atomic E-state index is 11.8. The lowest BCUT2D eigenvalue weighted by Crippen LogP contribution is -2.45. The molecule has 1 unspecified atom stereocenters. The normalized spacial score (nSPS) is 17.8. The van der Waals surface area contributed by atoms with Crippen molar-refractivity contribution in [2.75, 3.05) is 26.2 Å². The van der Waals surface area contributed by atoms with E-state index in [9.17, 15) is 9.90 Å². The van der Waals surface area contributed by atoms with Gasteiger partial charge in [0.15, 0.2) is 5.96 Å². The van der Waals surface area contributed by atoms with Gasteiger partial charge in [-0.25, -0.2) is 0 Å². The Labute approximate surface area is 144 Å². The van der Waals surface area contributed by atoms with E-state index in [1.165, 1.54) is 0 Å². The minimum Gasteiger partial charge on any atom is -0.508 e. The van der Waals surface area contributed by atoms with Crippen LogP contribution in [-0.2, 0) is 11.2 Å². The first-order valence-corrected chi connectivity index (χ1v) is 8.73. The van der Waals surface area contributed by atoms with Crippen LogP contribution in [0.3, 0.4) is 0 Å². The fourth-order valence-corrected chi connectivity index (χ4v) is 2.85. The number of phenolic OH excluding ortho intramolecular Hbond substituents is 1. The average Bonchev–Trinajstić information content (AvgIpc) is 3.03. The summed E-state index contributed by atoms with van der Waals surface area (Å²) in [6.07, 6.45) is 2.28. The number of rotatable bonds is 6. The summed E-state index contributed by atoms with van der Waals surface area (Å²) in [5, 5.41) is 16.2. The number of hydrogen-bond donors (Lipinski definition) is 3. The van der Waals surface area contributed by atoms with E-state index < -0.39 is 0 Å². The fourth-order valence-electron chi connectivity index (χ4n) is 2.85. The van der Waals surface area contributed by atoms with Crippen LogP contribution in [0.4, 0.5) is 0 Å². The van der Waals surface area contributed by atoms with E-state index in [2.05, 4.69) is 15.6 Å². The molecular weight excluding hydrogens is 304 g/mol. The third-order valence-electron chi connectivity index (χ3n) is 4.11.